The van der Waals surface area contributed by atoms with Crippen molar-refractivity contribution in [2.45, 2.75) is 25.5 Å². The van der Waals surface area contributed by atoms with Crippen LogP contribution in [0.1, 0.15) is 24.0 Å². The van der Waals surface area contributed by atoms with Gasteiger partial charge in [-0.2, -0.15) is 0 Å². The average molecular weight is 348 g/mol. The Morgan fingerprint density at radius 3 is 2.58 bits per heavy atom. The Labute approximate surface area is 142 Å². The van der Waals surface area contributed by atoms with Gasteiger partial charge in [0.05, 0.1) is 11.4 Å². The van der Waals surface area contributed by atoms with Crippen LogP contribution in [0.2, 0.25) is 0 Å². The molecule has 0 aromatic heterocycles. The number of hydrogen-bond acceptors (Lipinski definition) is 3. The van der Waals surface area contributed by atoms with Crippen LogP contribution in [-0.4, -0.2) is 21.5 Å². The molecule has 3 rings (SSSR count). The Morgan fingerprint density at radius 2 is 1.88 bits per heavy atom. The predicted molar refractivity (Wildman–Crippen MR) is 95.3 cm³/mol. The van der Waals surface area contributed by atoms with Crippen molar-refractivity contribution in [1.82, 2.24) is 0 Å². The summed E-state index contributed by atoms with van der Waals surface area (Å²) in [6.07, 6.45) is 2.21. The molecule has 6 heteroatoms. The second-order valence-electron chi connectivity index (χ2n) is 6.21. The third-order valence-corrected chi connectivity index (χ3v) is 5.37. The van der Waals surface area contributed by atoms with Crippen LogP contribution in [0.25, 0.3) is 0 Å². The van der Waals surface area contributed by atoms with Crippen LogP contribution in [0.3, 0.4) is 0 Å². The van der Waals surface area contributed by atoms with E-state index >= 15 is 0 Å². The van der Waals surface area contributed by atoms with Gasteiger partial charge in [0.1, 0.15) is 5.82 Å². The minimum Gasteiger partial charge on any atom is -0.371 e. The summed E-state index contributed by atoms with van der Waals surface area (Å²) >= 11 is 0. The Balaban J connectivity index is 1.80. The second kappa shape index (κ2) is 6.81. The first kappa shape index (κ1) is 16.8. The largest absolute Gasteiger partial charge is 0.371 e. The van der Waals surface area contributed by atoms with Gasteiger partial charge in [-0.1, -0.05) is 29.8 Å². The number of hydrogen-bond donors (Lipinski definition) is 1. The molecule has 1 N–H and O–H groups in total. The highest BCUT2D eigenvalue weighted by molar-refractivity contribution is 7.91. The Bertz CT molecular complexity index is 831. The highest BCUT2D eigenvalue weighted by Crippen LogP contribution is 2.26. The van der Waals surface area contributed by atoms with E-state index in [-0.39, 0.29) is 11.4 Å². The molecule has 1 fully saturated rings. The summed E-state index contributed by atoms with van der Waals surface area (Å²) in [6.45, 7) is 3.74. The predicted octanol–water partition coefficient (Wildman–Crippen LogP) is 3.68. The van der Waals surface area contributed by atoms with Crippen LogP contribution < -0.4 is 9.62 Å². The molecule has 0 amide bonds. The molecule has 0 unspecified atom stereocenters. The zero-order valence-corrected chi connectivity index (χ0v) is 14.4. The molecular formula is C18H21FN2O2S. The Hall–Kier alpha value is -2.08. The van der Waals surface area contributed by atoms with E-state index in [1.54, 1.807) is 18.2 Å². The van der Waals surface area contributed by atoms with Crippen LogP contribution in [0.4, 0.5) is 15.8 Å². The number of halogens is 1. The van der Waals surface area contributed by atoms with Crippen molar-refractivity contribution in [1.29, 1.82) is 0 Å². The average Bonchev–Trinajstić information content (AvgIpc) is 3.03. The molecule has 0 aliphatic carbocycles. The third kappa shape index (κ3) is 4.06. The maximum absolute atomic E-state index is 14.0. The number of benzene rings is 2. The van der Waals surface area contributed by atoms with Gasteiger partial charge in [0.25, 0.3) is 0 Å². The van der Waals surface area contributed by atoms with E-state index in [0.29, 0.717) is 5.56 Å². The van der Waals surface area contributed by atoms with E-state index in [4.69, 9.17) is 0 Å². The fraction of sp³-hybridized carbons (Fsp3) is 0.333. The first-order valence-electron chi connectivity index (χ1n) is 8.03. The lowest BCUT2D eigenvalue weighted by atomic mass is 10.2. The molecule has 4 nitrogen and oxygen atoms in total. The monoisotopic (exact) mass is 348 g/mol. The summed E-state index contributed by atoms with van der Waals surface area (Å²) in [5, 5.41) is 0. The zero-order chi connectivity index (χ0) is 17.2. The van der Waals surface area contributed by atoms with E-state index in [0.717, 1.165) is 37.2 Å². The molecule has 2 aromatic carbocycles. The molecule has 2 aromatic rings. The zero-order valence-electron chi connectivity index (χ0n) is 13.6. The standard InChI is InChI=1S/C18H21FN2O2S/c1-14-5-4-6-15(11-14)13-24(22,23)20-18-12-16(7-8-17(18)19)21-9-2-3-10-21/h4-8,11-12,20H,2-3,9-10,13H2,1H3. The second-order valence-corrected chi connectivity index (χ2v) is 7.93. The molecular weight excluding hydrogens is 327 g/mol. The van der Waals surface area contributed by atoms with Crippen LogP contribution in [-0.2, 0) is 15.8 Å². The van der Waals surface area contributed by atoms with E-state index in [9.17, 15) is 12.8 Å². The number of aryl methyl sites for hydroxylation is 1. The van der Waals surface area contributed by atoms with Gasteiger partial charge in [0, 0.05) is 18.8 Å². The Morgan fingerprint density at radius 1 is 1.12 bits per heavy atom. The highest BCUT2D eigenvalue weighted by Gasteiger charge is 2.18. The molecule has 0 saturated carbocycles. The normalized spacial score (nSPS) is 14.8. The molecule has 0 spiro atoms. The summed E-state index contributed by atoms with van der Waals surface area (Å²) in [5.74, 6) is -0.743. The van der Waals surface area contributed by atoms with E-state index in [2.05, 4.69) is 9.62 Å². The van der Waals surface area contributed by atoms with Gasteiger partial charge in [-0.05, 0) is 43.5 Å². The first-order chi connectivity index (χ1) is 11.4. The molecule has 1 aliphatic heterocycles. The first-order valence-corrected chi connectivity index (χ1v) is 9.69. The smallest absolute Gasteiger partial charge is 0.237 e. The summed E-state index contributed by atoms with van der Waals surface area (Å²) < 4.78 is 41.2. The maximum atomic E-state index is 14.0. The molecule has 0 bridgehead atoms. The fourth-order valence-electron chi connectivity index (χ4n) is 2.99. The van der Waals surface area contributed by atoms with Gasteiger partial charge in [-0.3, -0.25) is 4.72 Å². The van der Waals surface area contributed by atoms with Gasteiger partial charge in [-0.15, -0.1) is 0 Å². The van der Waals surface area contributed by atoms with Crippen molar-refractivity contribution in [2.75, 3.05) is 22.7 Å². The fourth-order valence-corrected chi connectivity index (χ4v) is 4.17. The lowest BCUT2D eigenvalue weighted by molar-refractivity contribution is 0.598. The van der Waals surface area contributed by atoms with Crippen LogP contribution in [0.5, 0.6) is 0 Å². The summed E-state index contributed by atoms with van der Waals surface area (Å²) in [7, 11) is -3.68. The molecule has 0 atom stereocenters. The lowest BCUT2D eigenvalue weighted by Crippen LogP contribution is -2.19. The molecule has 128 valence electrons. The number of nitrogens with zero attached hydrogens (tertiary/aromatic N) is 1. The van der Waals surface area contributed by atoms with E-state index in [1.807, 2.05) is 25.1 Å². The van der Waals surface area contributed by atoms with Crippen molar-refractivity contribution in [2.24, 2.45) is 0 Å². The summed E-state index contributed by atoms with van der Waals surface area (Å²) in [6, 6.07) is 11.9. The van der Waals surface area contributed by atoms with Crippen molar-refractivity contribution >= 4 is 21.4 Å². The number of nitrogens with one attached hydrogen (secondary N) is 1. The van der Waals surface area contributed by atoms with Crippen molar-refractivity contribution in [3.8, 4) is 0 Å². The highest BCUT2D eigenvalue weighted by atomic mass is 32.2. The van der Waals surface area contributed by atoms with Crippen LogP contribution in [0.15, 0.2) is 42.5 Å². The molecule has 1 heterocycles. The Kier molecular flexibility index (Phi) is 4.76. The minimum absolute atomic E-state index is 0.00653. The number of anilines is 2. The topological polar surface area (TPSA) is 49.4 Å². The van der Waals surface area contributed by atoms with Crippen molar-refractivity contribution in [3.05, 3.63) is 59.4 Å². The lowest BCUT2D eigenvalue weighted by Gasteiger charge is -2.19. The molecule has 0 radical (unpaired) electrons. The number of rotatable bonds is 5. The maximum Gasteiger partial charge on any atom is 0.237 e. The minimum atomic E-state index is -3.68. The van der Waals surface area contributed by atoms with Crippen molar-refractivity contribution in [3.63, 3.8) is 0 Å². The molecule has 1 saturated heterocycles. The van der Waals surface area contributed by atoms with Crippen LogP contribution >= 0.6 is 0 Å². The number of sulfonamides is 1. The molecule has 24 heavy (non-hydrogen) atoms. The quantitative estimate of drug-likeness (QED) is 0.897. The summed E-state index contributed by atoms with van der Waals surface area (Å²) in [4.78, 5) is 2.14. The van der Waals surface area contributed by atoms with Crippen molar-refractivity contribution < 1.29 is 12.8 Å². The van der Waals surface area contributed by atoms with Gasteiger partial charge < -0.3 is 4.90 Å². The SMILES string of the molecule is Cc1cccc(CS(=O)(=O)Nc2cc(N3CCCC3)ccc2F)c1. The van der Waals surface area contributed by atoms with Crippen LogP contribution in [0, 0.1) is 12.7 Å². The van der Waals surface area contributed by atoms with Gasteiger partial charge >= 0.3 is 0 Å². The van der Waals surface area contributed by atoms with E-state index < -0.39 is 15.8 Å². The van der Waals surface area contributed by atoms with E-state index in [1.165, 1.54) is 6.07 Å². The van der Waals surface area contributed by atoms with Gasteiger partial charge in [0.15, 0.2) is 0 Å². The summed E-state index contributed by atoms with van der Waals surface area (Å²) in [5.41, 5.74) is 2.53. The third-order valence-electron chi connectivity index (χ3n) is 4.13. The van der Waals surface area contributed by atoms with Gasteiger partial charge in [-0.25, -0.2) is 12.8 Å². The molecule has 1 aliphatic rings. The van der Waals surface area contributed by atoms with Gasteiger partial charge in [0.2, 0.25) is 10.0 Å².